The maximum Gasteiger partial charge on any atom is 0.335 e. The van der Waals surface area contributed by atoms with Crippen molar-refractivity contribution in [2.45, 2.75) is 211 Å². The predicted octanol–water partition coefficient (Wildman–Crippen LogP) is 1.34. The lowest BCUT2D eigenvalue weighted by molar-refractivity contribution is -0.386. The Morgan fingerprint density at radius 2 is 1.39 bits per heavy atom. The lowest BCUT2D eigenvalue weighted by Gasteiger charge is -2.72. The van der Waals surface area contributed by atoms with Crippen LogP contribution in [0.5, 0.6) is 0 Å². The van der Waals surface area contributed by atoms with Crippen LogP contribution in [-0.2, 0) is 33.2 Å². The van der Waals surface area contributed by atoms with E-state index in [2.05, 4.69) is 54.5 Å². The summed E-state index contributed by atoms with van der Waals surface area (Å²) in [4.78, 5) is 12.4. The highest BCUT2D eigenvalue weighted by Crippen LogP contribution is 2.76. The molecule has 0 spiro atoms. The van der Waals surface area contributed by atoms with E-state index in [0.29, 0.717) is 12.8 Å². The van der Waals surface area contributed by atoms with E-state index >= 15 is 0 Å². The van der Waals surface area contributed by atoms with Crippen LogP contribution < -0.4 is 0 Å². The number of hydrogen-bond donors (Lipinski definition) is 10. The summed E-state index contributed by atoms with van der Waals surface area (Å²) < 4.78 is 36.1. The molecule has 366 valence electrons. The van der Waals surface area contributed by atoms with E-state index in [1.165, 1.54) is 12.5 Å². The van der Waals surface area contributed by atoms with Gasteiger partial charge in [0.15, 0.2) is 25.0 Å². The Bertz CT molecular complexity index is 1760. The van der Waals surface area contributed by atoms with E-state index in [9.17, 15) is 55.9 Å². The molecule has 0 aromatic rings. The molecule has 0 bridgehead atoms. The zero-order valence-electron chi connectivity index (χ0n) is 38.7. The monoisotopic (exact) mass is 913 g/mol. The lowest BCUT2D eigenvalue weighted by atomic mass is 9.33. The van der Waals surface area contributed by atoms with Gasteiger partial charge in [0.1, 0.15) is 54.9 Å². The van der Waals surface area contributed by atoms with Gasteiger partial charge in [0, 0.05) is 17.4 Å². The van der Waals surface area contributed by atoms with Crippen LogP contribution in [-0.4, -0.2) is 168 Å². The van der Waals surface area contributed by atoms with Crippen molar-refractivity contribution in [1.29, 1.82) is 0 Å². The highest BCUT2D eigenvalue weighted by atomic mass is 16.8. The van der Waals surface area contributed by atoms with Crippen LogP contribution in [0, 0.1) is 50.2 Å². The number of ether oxygens (including phenoxy) is 6. The summed E-state index contributed by atoms with van der Waals surface area (Å²) in [6.07, 6.45) is -14.5. The summed E-state index contributed by atoms with van der Waals surface area (Å²) in [5.41, 5.74) is -0.0886. The lowest BCUT2D eigenvalue weighted by Crippen LogP contribution is -2.68. The van der Waals surface area contributed by atoms with Gasteiger partial charge in [-0.1, -0.05) is 60.1 Å². The molecule has 0 aromatic carbocycles. The fourth-order valence-electron chi connectivity index (χ4n) is 14.8. The molecule has 0 amide bonds. The highest BCUT2D eigenvalue weighted by Gasteiger charge is 2.70. The summed E-state index contributed by atoms with van der Waals surface area (Å²) >= 11 is 0. The van der Waals surface area contributed by atoms with Crippen molar-refractivity contribution in [3.8, 4) is 0 Å². The Morgan fingerprint density at radius 1 is 0.719 bits per heavy atom. The molecule has 0 radical (unpaired) electrons. The molecule has 64 heavy (non-hydrogen) atoms. The van der Waals surface area contributed by atoms with Gasteiger partial charge in [-0.2, -0.15) is 0 Å². The van der Waals surface area contributed by atoms with Gasteiger partial charge in [-0.05, 0) is 104 Å². The van der Waals surface area contributed by atoms with Gasteiger partial charge in [0.25, 0.3) is 0 Å². The van der Waals surface area contributed by atoms with E-state index in [1.807, 2.05) is 0 Å². The Balaban J connectivity index is 1.06. The maximum atomic E-state index is 12.4. The average molecular weight is 913 g/mol. The number of aliphatic hydroxyl groups is 9. The zero-order valence-corrected chi connectivity index (χ0v) is 38.7. The van der Waals surface area contributed by atoms with E-state index in [1.54, 1.807) is 0 Å². The first kappa shape index (κ1) is 49.0. The van der Waals surface area contributed by atoms with Crippen molar-refractivity contribution >= 4 is 5.97 Å². The molecule has 8 aliphatic rings. The minimum atomic E-state index is -1.99. The molecule has 4 saturated carbocycles. The van der Waals surface area contributed by atoms with Crippen molar-refractivity contribution < 1.29 is 84.3 Å². The van der Waals surface area contributed by atoms with Crippen LogP contribution in [0.25, 0.3) is 0 Å². The van der Waals surface area contributed by atoms with Gasteiger partial charge in [0.2, 0.25) is 0 Å². The molecule has 0 unspecified atom stereocenters. The van der Waals surface area contributed by atoms with Crippen molar-refractivity contribution in [1.82, 2.24) is 0 Å². The smallest absolute Gasteiger partial charge is 0.335 e. The van der Waals surface area contributed by atoms with Gasteiger partial charge in [-0.15, -0.1) is 0 Å². The molecule has 7 fully saturated rings. The fraction of sp³-hybridized carbons (Fsp3) is 0.936. The molecule has 3 heterocycles. The summed E-state index contributed by atoms with van der Waals surface area (Å²) in [5.74, 6) is -1.19. The fourth-order valence-corrected chi connectivity index (χ4v) is 14.8. The quantitative estimate of drug-likeness (QED) is 0.122. The first-order valence-corrected chi connectivity index (χ1v) is 23.7. The third-order valence-corrected chi connectivity index (χ3v) is 19.0. The zero-order chi connectivity index (χ0) is 46.9. The Hall–Kier alpha value is -1.39. The third-order valence-electron chi connectivity index (χ3n) is 19.0. The molecule has 8 rings (SSSR count). The molecule has 5 aliphatic carbocycles. The van der Waals surface area contributed by atoms with Gasteiger partial charge in [0.05, 0.1) is 24.9 Å². The first-order valence-electron chi connectivity index (χ1n) is 23.7. The number of carboxylic acid groups (broad SMARTS) is 1. The summed E-state index contributed by atoms with van der Waals surface area (Å²) in [5, 5.41) is 109. The summed E-state index contributed by atoms with van der Waals surface area (Å²) in [7, 11) is 0. The Kier molecular flexibility index (Phi) is 13.0. The van der Waals surface area contributed by atoms with Crippen LogP contribution >= 0.6 is 0 Å². The molecular formula is C47H76O17. The molecule has 10 N–H and O–H groups in total. The number of aliphatic hydroxyl groups excluding tert-OH is 9. The van der Waals surface area contributed by atoms with Crippen LogP contribution in [0.4, 0.5) is 0 Å². The molecule has 17 nitrogen and oxygen atoms in total. The van der Waals surface area contributed by atoms with E-state index < -0.39 is 116 Å². The number of hydrogen-bond acceptors (Lipinski definition) is 16. The maximum absolute atomic E-state index is 12.4. The van der Waals surface area contributed by atoms with E-state index in [4.69, 9.17) is 28.4 Å². The number of carboxylic acids is 1. The molecule has 3 saturated heterocycles. The molecular weight excluding hydrogens is 837 g/mol. The molecule has 0 aromatic heterocycles. The van der Waals surface area contributed by atoms with Crippen LogP contribution in [0.1, 0.15) is 113 Å². The number of allylic oxidation sites excluding steroid dienone is 2. The molecule has 17 heteroatoms. The van der Waals surface area contributed by atoms with Gasteiger partial charge in [-0.3, -0.25) is 0 Å². The van der Waals surface area contributed by atoms with Gasteiger partial charge in [-0.25, -0.2) is 4.79 Å². The number of aliphatic carboxylic acids is 1. The van der Waals surface area contributed by atoms with Crippen LogP contribution in [0.15, 0.2) is 11.6 Å². The summed E-state index contributed by atoms with van der Waals surface area (Å²) in [6, 6.07) is 0. The van der Waals surface area contributed by atoms with Crippen LogP contribution in [0.3, 0.4) is 0 Å². The topological polar surface area (TPSA) is 275 Å². The average Bonchev–Trinajstić information content (AvgIpc) is 3.22. The van der Waals surface area contributed by atoms with Crippen molar-refractivity contribution in [3.05, 3.63) is 11.6 Å². The highest BCUT2D eigenvalue weighted by molar-refractivity contribution is 5.73. The van der Waals surface area contributed by atoms with Crippen molar-refractivity contribution in [2.24, 2.45) is 50.2 Å². The van der Waals surface area contributed by atoms with Crippen LogP contribution in [0.2, 0.25) is 0 Å². The standard InChI is InChI=1S/C47H76O17/c1-21-29(51)31(53)34(56)39(60-21)63-36-30(52)24(49)19-59-40(36)64-37-33(55)32(54)35(38(57)58)62-41(37)61-28-12-14-47(20-48)25(43(28,4)5)11-13-46(8)26(47)10-9-22-23-17-42(2,3)18-27(50)44(23,6)15-16-45(22,46)7/h9,21,23-37,39-41,48-56H,10-20H2,1-8H3,(H,57,58)/t21-,23+,24+,25+,26-,27+,28-,29-,30-,31+,32-,33-,34+,35-,36+,37+,39-,40-,41+,44+,45+,46+,47+/m0/s1. The largest absolute Gasteiger partial charge is 0.479 e. The van der Waals surface area contributed by atoms with Crippen molar-refractivity contribution in [2.75, 3.05) is 13.2 Å². The normalized spacial score (nSPS) is 54.6. The van der Waals surface area contributed by atoms with Crippen molar-refractivity contribution in [3.63, 3.8) is 0 Å². The van der Waals surface area contributed by atoms with E-state index in [0.717, 1.165) is 44.9 Å². The van der Waals surface area contributed by atoms with Gasteiger partial charge < -0.3 is 79.5 Å². The Morgan fingerprint density at radius 3 is 2.06 bits per heavy atom. The number of carbonyl (C=O) groups is 1. The predicted molar refractivity (Wildman–Crippen MR) is 225 cm³/mol. The SMILES string of the molecule is C[C@@H]1O[C@@H](O[C@H]2[C@H](O[C@H]3[C@H](O[C@H]4CC[C@@]5(CO)[C@H](CC[C@]6(C)[C@@H]5CC=C5[C@H]7CC(C)(C)C[C@@H](O)[C@]7(C)CC[C@]56C)C4(C)C)O[C@H](C(=O)O)[C@@H](O)[C@@H]3O)OC[C@@H](O)[C@@H]2O)[C@H](O)[C@H](O)[C@H]1O. The number of fused-ring (bicyclic) bond motifs is 7. The second-order valence-corrected chi connectivity index (χ2v) is 23.2. The third kappa shape index (κ3) is 7.49. The Labute approximate surface area is 376 Å². The first-order chi connectivity index (χ1) is 29.8. The second kappa shape index (κ2) is 16.9. The number of rotatable bonds is 8. The minimum Gasteiger partial charge on any atom is -0.479 e. The van der Waals surface area contributed by atoms with Gasteiger partial charge >= 0.3 is 5.97 Å². The molecule has 23 atom stereocenters. The molecule has 3 aliphatic heterocycles. The summed E-state index contributed by atoms with van der Waals surface area (Å²) in [6.45, 7) is 16.8. The second-order valence-electron chi connectivity index (χ2n) is 23.2. The minimum absolute atomic E-state index is 0.0161. The van der Waals surface area contributed by atoms with E-state index in [-0.39, 0.29) is 52.1 Å².